The van der Waals surface area contributed by atoms with Gasteiger partial charge in [0.1, 0.15) is 0 Å². The fraction of sp³-hybridized carbons (Fsp3) is 0.750. The van der Waals surface area contributed by atoms with Gasteiger partial charge in [0.25, 0.3) is 0 Å². The number of hydrogen-bond acceptors (Lipinski definition) is 5. The van der Waals surface area contributed by atoms with Gasteiger partial charge in [0.15, 0.2) is 5.13 Å². The van der Waals surface area contributed by atoms with Gasteiger partial charge >= 0.3 is 0 Å². The third-order valence-corrected chi connectivity index (χ3v) is 4.25. The lowest BCUT2D eigenvalue weighted by Gasteiger charge is -2.16. The molecule has 0 bridgehead atoms. The first kappa shape index (κ1) is 12.8. The van der Waals surface area contributed by atoms with E-state index in [9.17, 15) is 5.11 Å². The Labute approximate surface area is 107 Å². The predicted molar refractivity (Wildman–Crippen MR) is 71.6 cm³/mol. The molecule has 1 N–H and O–H groups in total. The molecule has 1 aliphatic heterocycles. The zero-order valence-electron chi connectivity index (χ0n) is 10.6. The largest absolute Gasteiger partial charge is 0.392 e. The minimum Gasteiger partial charge on any atom is -0.392 e. The molecule has 5 heteroatoms. The van der Waals surface area contributed by atoms with Crippen LogP contribution in [0.5, 0.6) is 0 Å². The van der Waals surface area contributed by atoms with Gasteiger partial charge in [0.05, 0.1) is 6.10 Å². The zero-order valence-corrected chi connectivity index (χ0v) is 11.4. The van der Waals surface area contributed by atoms with Crippen molar-refractivity contribution >= 4 is 16.5 Å². The normalized spacial score (nSPS) is 21.0. The number of hydrogen-bond donors (Lipinski definition) is 1. The van der Waals surface area contributed by atoms with Crippen LogP contribution >= 0.6 is 11.3 Å². The molecule has 96 valence electrons. The van der Waals surface area contributed by atoms with Crippen molar-refractivity contribution in [2.24, 2.45) is 0 Å². The molecule has 4 nitrogen and oxygen atoms in total. The van der Waals surface area contributed by atoms with Crippen LogP contribution in [0.25, 0.3) is 0 Å². The fourth-order valence-electron chi connectivity index (χ4n) is 2.19. The number of likely N-dealkylation sites (tertiary alicyclic amines) is 1. The fourth-order valence-corrected chi connectivity index (χ4v) is 3.27. The predicted octanol–water partition coefficient (Wildman–Crippen LogP) is 1.56. The second-order valence-electron chi connectivity index (χ2n) is 4.46. The van der Waals surface area contributed by atoms with E-state index in [0.717, 1.165) is 44.3 Å². The quantitative estimate of drug-likeness (QED) is 0.866. The molecule has 0 saturated carbocycles. The average Bonchev–Trinajstić information content (AvgIpc) is 2.91. The smallest absolute Gasteiger partial charge is 0.185 e. The standard InChI is InChI=1S/C12H21N3OS/c1-3-15(4-2)12-13-7-11(17-12)9-14-6-5-10(16)8-14/h7,10,16H,3-6,8-9H2,1-2H3/t10-/m0/s1. The molecular weight excluding hydrogens is 234 g/mol. The van der Waals surface area contributed by atoms with E-state index in [1.807, 2.05) is 6.20 Å². The molecule has 0 spiro atoms. The second-order valence-corrected chi connectivity index (χ2v) is 5.55. The molecule has 1 aromatic heterocycles. The molecule has 0 amide bonds. The minimum absolute atomic E-state index is 0.134. The summed E-state index contributed by atoms with van der Waals surface area (Å²) in [7, 11) is 0. The number of rotatable bonds is 5. The first-order valence-electron chi connectivity index (χ1n) is 6.33. The summed E-state index contributed by atoms with van der Waals surface area (Å²) >= 11 is 1.77. The lowest BCUT2D eigenvalue weighted by atomic mass is 10.3. The van der Waals surface area contributed by atoms with Crippen LogP contribution in [0.3, 0.4) is 0 Å². The Kier molecular flexibility index (Phi) is 4.36. The highest BCUT2D eigenvalue weighted by Crippen LogP contribution is 2.24. The van der Waals surface area contributed by atoms with Crippen molar-refractivity contribution in [2.75, 3.05) is 31.1 Å². The maximum Gasteiger partial charge on any atom is 0.185 e. The van der Waals surface area contributed by atoms with Gasteiger partial charge < -0.3 is 10.0 Å². The number of aliphatic hydroxyl groups excluding tert-OH is 1. The molecule has 1 atom stereocenters. The average molecular weight is 255 g/mol. The van der Waals surface area contributed by atoms with Crippen LogP contribution in [0.2, 0.25) is 0 Å². The van der Waals surface area contributed by atoms with Crippen molar-refractivity contribution in [1.82, 2.24) is 9.88 Å². The van der Waals surface area contributed by atoms with E-state index < -0.39 is 0 Å². The SMILES string of the molecule is CCN(CC)c1ncc(CN2CC[C@H](O)C2)s1. The molecule has 17 heavy (non-hydrogen) atoms. The maximum absolute atomic E-state index is 9.49. The second kappa shape index (κ2) is 5.80. The van der Waals surface area contributed by atoms with Crippen molar-refractivity contribution in [3.8, 4) is 0 Å². The van der Waals surface area contributed by atoms with E-state index in [1.54, 1.807) is 11.3 Å². The minimum atomic E-state index is -0.134. The van der Waals surface area contributed by atoms with Crippen molar-refractivity contribution in [2.45, 2.75) is 32.9 Å². The Morgan fingerprint density at radius 1 is 1.53 bits per heavy atom. The van der Waals surface area contributed by atoms with E-state index >= 15 is 0 Å². The van der Waals surface area contributed by atoms with Gasteiger partial charge in [-0.3, -0.25) is 4.90 Å². The number of anilines is 1. The first-order chi connectivity index (χ1) is 8.22. The molecule has 1 aliphatic rings. The van der Waals surface area contributed by atoms with E-state index in [2.05, 4.69) is 28.6 Å². The van der Waals surface area contributed by atoms with Crippen molar-refractivity contribution in [1.29, 1.82) is 0 Å². The lowest BCUT2D eigenvalue weighted by molar-refractivity contribution is 0.175. The summed E-state index contributed by atoms with van der Waals surface area (Å²) in [6.07, 6.45) is 2.75. The molecule has 0 aliphatic carbocycles. The van der Waals surface area contributed by atoms with E-state index in [4.69, 9.17) is 0 Å². The lowest BCUT2D eigenvalue weighted by Crippen LogP contribution is -2.21. The third kappa shape index (κ3) is 3.18. The molecule has 1 fully saturated rings. The van der Waals surface area contributed by atoms with E-state index in [1.165, 1.54) is 4.88 Å². The van der Waals surface area contributed by atoms with Crippen LogP contribution in [0.1, 0.15) is 25.1 Å². The van der Waals surface area contributed by atoms with Gasteiger partial charge in [-0.15, -0.1) is 11.3 Å². The number of aromatic nitrogens is 1. The van der Waals surface area contributed by atoms with Crippen LogP contribution in [0.15, 0.2) is 6.20 Å². The van der Waals surface area contributed by atoms with Gasteiger partial charge in [0.2, 0.25) is 0 Å². The van der Waals surface area contributed by atoms with Gasteiger partial charge in [-0.1, -0.05) is 0 Å². The third-order valence-electron chi connectivity index (χ3n) is 3.20. The Balaban J connectivity index is 1.94. The Morgan fingerprint density at radius 3 is 2.88 bits per heavy atom. The van der Waals surface area contributed by atoms with Crippen LogP contribution in [-0.2, 0) is 6.54 Å². The molecule has 2 heterocycles. The summed E-state index contributed by atoms with van der Waals surface area (Å²) in [5.74, 6) is 0. The Morgan fingerprint density at radius 2 is 2.29 bits per heavy atom. The highest BCUT2D eigenvalue weighted by atomic mass is 32.1. The van der Waals surface area contributed by atoms with Gasteiger partial charge in [0, 0.05) is 43.8 Å². The monoisotopic (exact) mass is 255 g/mol. The summed E-state index contributed by atoms with van der Waals surface area (Å²) in [6, 6.07) is 0. The van der Waals surface area contributed by atoms with Crippen LogP contribution in [0.4, 0.5) is 5.13 Å². The summed E-state index contributed by atoms with van der Waals surface area (Å²) < 4.78 is 0. The molecular formula is C12H21N3OS. The van der Waals surface area contributed by atoms with Crippen molar-refractivity contribution < 1.29 is 5.11 Å². The van der Waals surface area contributed by atoms with Crippen LogP contribution in [-0.4, -0.2) is 47.3 Å². The topological polar surface area (TPSA) is 39.6 Å². The highest BCUT2D eigenvalue weighted by Gasteiger charge is 2.20. The van der Waals surface area contributed by atoms with Crippen molar-refractivity contribution in [3.63, 3.8) is 0 Å². The number of aliphatic hydroxyl groups is 1. The highest BCUT2D eigenvalue weighted by molar-refractivity contribution is 7.15. The first-order valence-corrected chi connectivity index (χ1v) is 7.14. The van der Waals surface area contributed by atoms with E-state index in [0.29, 0.717) is 0 Å². The van der Waals surface area contributed by atoms with Crippen molar-refractivity contribution in [3.05, 3.63) is 11.1 Å². The number of nitrogens with zero attached hydrogens (tertiary/aromatic N) is 3. The molecule has 2 rings (SSSR count). The molecule has 0 radical (unpaired) electrons. The Bertz CT molecular complexity index is 351. The maximum atomic E-state index is 9.49. The van der Waals surface area contributed by atoms with E-state index in [-0.39, 0.29) is 6.10 Å². The van der Waals surface area contributed by atoms with Crippen LogP contribution in [0, 0.1) is 0 Å². The van der Waals surface area contributed by atoms with Gasteiger partial charge in [-0.25, -0.2) is 4.98 Å². The van der Waals surface area contributed by atoms with Gasteiger partial charge in [-0.05, 0) is 20.3 Å². The summed E-state index contributed by atoms with van der Waals surface area (Å²) in [5, 5.41) is 10.6. The van der Waals surface area contributed by atoms with Gasteiger partial charge in [-0.2, -0.15) is 0 Å². The Hall–Kier alpha value is -0.650. The molecule has 1 saturated heterocycles. The molecule has 1 aromatic rings. The summed E-state index contributed by atoms with van der Waals surface area (Å²) in [6.45, 7) is 9.05. The number of β-amino-alcohol motifs (C(OH)–C–C–N with tert-alkyl or cyclic N) is 1. The number of thiazole rings is 1. The summed E-state index contributed by atoms with van der Waals surface area (Å²) in [5.41, 5.74) is 0. The summed E-state index contributed by atoms with van der Waals surface area (Å²) in [4.78, 5) is 10.3. The zero-order chi connectivity index (χ0) is 12.3. The molecule has 0 aromatic carbocycles. The molecule has 0 unspecified atom stereocenters. The van der Waals surface area contributed by atoms with Crippen LogP contribution < -0.4 is 4.90 Å².